The molecule has 2 heteroatoms. The number of epoxide rings is 1. The minimum atomic E-state index is -0.468. The predicted octanol–water partition coefficient (Wildman–Crippen LogP) is 0.321. The van der Waals surface area contributed by atoms with Crippen LogP contribution in [0.2, 0.25) is 0 Å². The highest BCUT2D eigenvalue weighted by Gasteiger charge is 2.38. The molecule has 1 N–H and O–H groups in total. The maximum atomic E-state index is 8.93. The smallest absolute Gasteiger partial charge is 0.113 e. The Bertz CT molecular complexity index is 101. The van der Waals surface area contributed by atoms with Crippen LogP contribution in [0.15, 0.2) is 12.7 Å². The minimum absolute atomic E-state index is 0.0208. The van der Waals surface area contributed by atoms with E-state index < -0.39 is 6.10 Å². The molecule has 3 atom stereocenters. The summed E-state index contributed by atoms with van der Waals surface area (Å²) in [6, 6.07) is 0. The monoisotopic (exact) mass is 114 g/mol. The van der Waals surface area contributed by atoms with E-state index in [-0.39, 0.29) is 12.2 Å². The Morgan fingerprint density at radius 2 is 2.38 bits per heavy atom. The van der Waals surface area contributed by atoms with Gasteiger partial charge < -0.3 is 9.84 Å². The Hall–Kier alpha value is -0.340. The van der Waals surface area contributed by atoms with Gasteiger partial charge in [0, 0.05) is 0 Å². The number of hydrogen-bond acceptors (Lipinski definition) is 2. The van der Waals surface area contributed by atoms with Crippen LogP contribution >= 0.6 is 0 Å². The third-order valence-corrected chi connectivity index (χ3v) is 1.34. The summed E-state index contributed by atoms with van der Waals surface area (Å²) in [4.78, 5) is 0. The zero-order valence-electron chi connectivity index (χ0n) is 4.87. The Balaban J connectivity index is 2.27. The molecular formula is C6H10O2. The summed E-state index contributed by atoms with van der Waals surface area (Å²) < 4.78 is 4.95. The highest BCUT2D eigenvalue weighted by molar-refractivity contribution is 4.95. The summed E-state index contributed by atoms with van der Waals surface area (Å²) in [5, 5.41) is 8.93. The van der Waals surface area contributed by atoms with Crippen LogP contribution < -0.4 is 0 Å². The largest absolute Gasteiger partial charge is 0.386 e. The van der Waals surface area contributed by atoms with Gasteiger partial charge >= 0.3 is 0 Å². The second-order valence-electron chi connectivity index (χ2n) is 2.03. The maximum absolute atomic E-state index is 8.93. The fraction of sp³-hybridized carbons (Fsp3) is 0.667. The zero-order chi connectivity index (χ0) is 6.15. The van der Waals surface area contributed by atoms with Gasteiger partial charge in [0.05, 0.1) is 6.10 Å². The number of hydrogen-bond donors (Lipinski definition) is 1. The summed E-state index contributed by atoms with van der Waals surface area (Å²) in [5.41, 5.74) is 0. The molecule has 0 aliphatic carbocycles. The number of aliphatic hydroxyl groups excluding tert-OH is 1. The first-order chi connectivity index (χ1) is 3.75. The van der Waals surface area contributed by atoms with Crippen LogP contribution in [0.1, 0.15) is 6.92 Å². The fourth-order valence-electron chi connectivity index (χ4n) is 0.695. The van der Waals surface area contributed by atoms with Gasteiger partial charge in [-0.25, -0.2) is 0 Å². The van der Waals surface area contributed by atoms with Crippen molar-refractivity contribution in [3.63, 3.8) is 0 Å². The molecule has 0 aromatic carbocycles. The second-order valence-corrected chi connectivity index (χ2v) is 2.03. The number of ether oxygens (including phenoxy) is 1. The predicted molar refractivity (Wildman–Crippen MR) is 30.5 cm³/mol. The van der Waals surface area contributed by atoms with E-state index in [0.717, 1.165) is 0 Å². The van der Waals surface area contributed by atoms with Crippen LogP contribution in [-0.2, 0) is 4.74 Å². The van der Waals surface area contributed by atoms with E-state index in [1.165, 1.54) is 6.08 Å². The van der Waals surface area contributed by atoms with Gasteiger partial charge in [0.2, 0.25) is 0 Å². The average Bonchev–Trinajstić information content (AvgIpc) is 2.45. The van der Waals surface area contributed by atoms with E-state index in [1.807, 2.05) is 6.92 Å². The lowest BCUT2D eigenvalue weighted by Crippen LogP contribution is -2.11. The highest BCUT2D eigenvalue weighted by Crippen LogP contribution is 2.24. The molecule has 46 valence electrons. The van der Waals surface area contributed by atoms with Crippen molar-refractivity contribution in [3.8, 4) is 0 Å². The summed E-state index contributed by atoms with van der Waals surface area (Å²) in [6.07, 6.45) is 1.27. The Morgan fingerprint density at radius 3 is 2.50 bits per heavy atom. The third-order valence-electron chi connectivity index (χ3n) is 1.34. The third kappa shape index (κ3) is 0.904. The Morgan fingerprint density at radius 1 is 1.88 bits per heavy atom. The van der Waals surface area contributed by atoms with Crippen molar-refractivity contribution in [2.75, 3.05) is 0 Å². The summed E-state index contributed by atoms with van der Waals surface area (Å²) in [7, 11) is 0. The molecule has 0 aromatic rings. The molecule has 0 saturated carbocycles. The van der Waals surface area contributed by atoms with Gasteiger partial charge in [-0.2, -0.15) is 0 Å². The quantitative estimate of drug-likeness (QED) is 0.414. The summed E-state index contributed by atoms with van der Waals surface area (Å²) >= 11 is 0. The van der Waals surface area contributed by atoms with Crippen LogP contribution in [0, 0.1) is 0 Å². The lowest BCUT2D eigenvalue weighted by atomic mass is 10.2. The minimum Gasteiger partial charge on any atom is -0.386 e. The van der Waals surface area contributed by atoms with Crippen molar-refractivity contribution < 1.29 is 9.84 Å². The number of rotatable bonds is 2. The van der Waals surface area contributed by atoms with Gasteiger partial charge in [0.15, 0.2) is 0 Å². The molecule has 0 spiro atoms. The van der Waals surface area contributed by atoms with Gasteiger partial charge in [-0.05, 0) is 6.92 Å². The molecule has 0 unspecified atom stereocenters. The second kappa shape index (κ2) is 1.88. The van der Waals surface area contributed by atoms with Gasteiger partial charge in [-0.15, -0.1) is 6.58 Å². The molecule has 1 heterocycles. The first-order valence-electron chi connectivity index (χ1n) is 2.72. The van der Waals surface area contributed by atoms with E-state index in [1.54, 1.807) is 0 Å². The van der Waals surface area contributed by atoms with Crippen molar-refractivity contribution >= 4 is 0 Å². The maximum Gasteiger partial charge on any atom is 0.113 e. The van der Waals surface area contributed by atoms with Crippen LogP contribution in [0.3, 0.4) is 0 Å². The van der Waals surface area contributed by atoms with Crippen molar-refractivity contribution in [1.29, 1.82) is 0 Å². The summed E-state index contributed by atoms with van der Waals surface area (Å²) in [6.45, 7) is 5.35. The normalized spacial score (nSPS) is 38.8. The molecule has 2 nitrogen and oxygen atoms in total. The average molecular weight is 114 g/mol. The van der Waals surface area contributed by atoms with Gasteiger partial charge in [-0.3, -0.25) is 0 Å². The van der Waals surface area contributed by atoms with E-state index in [9.17, 15) is 0 Å². The fourth-order valence-corrected chi connectivity index (χ4v) is 0.695. The van der Waals surface area contributed by atoms with Crippen LogP contribution in [-0.4, -0.2) is 23.4 Å². The molecular weight excluding hydrogens is 104 g/mol. The standard InChI is InChI=1S/C6H10O2/c1-3-5(7)6-4(2)8-6/h3-7H,1H2,2H3/t4-,5-,6+/m1/s1. The van der Waals surface area contributed by atoms with Crippen LogP contribution in [0.25, 0.3) is 0 Å². The molecule has 0 bridgehead atoms. The Kier molecular flexibility index (Phi) is 1.36. The molecule has 1 fully saturated rings. The van der Waals surface area contributed by atoms with Crippen molar-refractivity contribution in [3.05, 3.63) is 12.7 Å². The van der Waals surface area contributed by atoms with Gasteiger partial charge in [0.1, 0.15) is 12.2 Å². The van der Waals surface area contributed by atoms with Crippen LogP contribution in [0.4, 0.5) is 0 Å². The summed E-state index contributed by atoms with van der Waals surface area (Å²) in [5.74, 6) is 0. The van der Waals surface area contributed by atoms with E-state index in [2.05, 4.69) is 6.58 Å². The van der Waals surface area contributed by atoms with Crippen molar-refractivity contribution in [2.24, 2.45) is 0 Å². The van der Waals surface area contributed by atoms with E-state index >= 15 is 0 Å². The molecule has 1 aliphatic heterocycles. The first kappa shape index (κ1) is 5.79. The lowest BCUT2D eigenvalue weighted by Gasteiger charge is -1.95. The zero-order valence-corrected chi connectivity index (χ0v) is 4.87. The lowest BCUT2D eigenvalue weighted by molar-refractivity contribution is 0.178. The molecule has 1 rings (SSSR count). The van der Waals surface area contributed by atoms with Gasteiger partial charge in [0.25, 0.3) is 0 Å². The first-order valence-corrected chi connectivity index (χ1v) is 2.72. The molecule has 8 heavy (non-hydrogen) atoms. The SMILES string of the molecule is C=C[C@@H](O)[C@H]1O[C@@H]1C. The molecule has 1 saturated heterocycles. The highest BCUT2D eigenvalue weighted by atomic mass is 16.6. The van der Waals surface area contributed by atoms with E-state index in [4.69, 9.17) is 9.84 Å². The van der Waals surface area contributed by atoms with Crippen LogP contribution in [0.5, 0.6) is 0 Å². The van der Waals surface area contributed by atoms with Gasteiger partial charge in [-0.1, -0.05) is 6.08 Å². The van der Waals surface area contributed by atoms with E-state index in [0.29, 0.717) is 0 Å². The molecule has 0 radical (unpaired) electrons. The molecule has 0 amide bonds. The van der Waals surface area contributed by atoms with Crippen molar-refractivity contribution in [2.45, 2.75) is 25.2 Å². The topological polar surface area (TPSA) is 32.8 Å². The molecule has 0 aromatic heterocycles. The number of aliphatic hydroxyl groups is 1. The molecule has 1 aliphatic rings. The van der Waals surface area contributed by atoms with Crippen molar-refractivity contribution in [1.82, 2.24) is 0 Å². The Labute approximate surface area is 48.8 Å².